The number of Topliss-reactive ketones (excluding diaryl/α,β-unsaturated/α-hetero) is 2. The highest BCUT2D eigenvalue weighted by Crippen LogP contribution is 2.54. The summed E-state index contributed by atoms with van der Waals surface area (Å²) >= 11 is 1.65. The lowest BCUT2D eigenvalue weighted by atomic mass is 9.82. The number of para-hydroxylation sites is 1. The van der Waals surface area contributed by atoms with Crippen LogP contribution in [0, 0.1) is 0 Å². The van der Waals surface area contributed by atoms with Crippen LogP contribution in [0.1, 0.15) is 50.6 Å². The van der Waals surface area contributed by atoms with Crippen molar-refractivity contribution in [1.82, 2.24) is 0 Å². The smallest absolute Gasteiger partial charge is 0.197 e. The molecule has 0 unspecified atom stereocenters. The zero-order valence-corrected chi connectivity index (χ0v) is 29.1. The van der Waals surface area contributed by atoms with Gasteiger partial charge in [-0.1, -0.05) is 129 Å². The Morgan fingerprint density at radius 3 is 1.73 bits per heavy atom. The number of anilines is 3. The summed E-state index contributed by atoms with van der Waals surface area (Å²) in [6.45, 7) is 4.53. The molecule has 0 aliphatic heterocycles. The van der Waals surface area contributed by atoms with E-state index in [1.165, 1.54) is 38.3 Å². The predicted octanol–water partition coefficient (Wildman–Crippen LogP) is 12.3. The number of carbonyl (C=O) groups excluding carboxylic acids is 2. The van der Waals surface area contributed by atoms with Gasteiger partial charge in [0.25, 0.3) is 0 Å². The summed E-state index contributed by atoms with van der Waals surface area (Å²) in [5, 5.41) is 0. The van der Waals surface area contributed by atoms with E-state index in [0.29, 0.717) is 11.1 Å². The van der Waals surface area contributed by atoms with Gasteiger partial charge in [-0.15, -0.1) is 11.3 Å². The van der Waals surface area contributed by atoms with Gasteiger partial charge >= 0.3 is 0 Å². The average Bonchev–Trinajstić information content (AvgIpc) is 3.78. The van der Waals surface area contributed by atoms with Gasteiger partial charge in [0.15, 0.2) is 11.6 Å². The molecule has 0 saturated heterocycles. The second-order valence-corrected chi connectivity index (χ2v) is 14.8. The van der Waals surface area contributed by atoms with Crippen LogP contribution in [0.25, 0.3) is 38.8 Å². The van der Waals surface area contributed by atoms with Crippen LogP contribution in [0.3, 0.4) is 0 Å². The van der Waals surface area contributed by atoms with Crippen molar-refractivity contribution >= 4 is 46.0 Å². The third-order valence-corrected chi connectivity index (χ3v) is 11.4. The lowest BCUT2D eigenvalue weighted by molar-refractivity contribution is 0.0990. The van der Waals surface area contributed by atoms with E-state index >= 15 is 0 Å². The number of hydrogen-bond acceptors (Lipinski definition) is 4. The van der Waals surface area contributed by atoms with Crippen molar-refractivity contribution in [1.29, 1.82) is 0 Å². The number of allylic oxidation sites excluding steroid dienone is 1. The van der Waals surface area contributed by atoms with E-state index in [9.17, 15) is 9.59 Å². The molecule has 1 heterocycles. The second-order valence-electron chi connectivity index (χ2n) is 13.7. The maximum atomic E-state index is 13.1. The highest BCUT2D eigenvalue weighted by atomic mass is 32.1. The Balaban J connectivity index is 1.08. The van der Waals surface area contributed by atoms with Crippen molar-refractivity contribution in [3.63, 3.8) is 0 Å². The number of benzene rings is 6. The molecule has 9 rings (SSSR count). The summed E-state index contributed by atoms with van der Waals surface area (Å²) in [5.74, 6) is -0.384. The maximum absolute atomic E-state index is 13.1. The van der Waals surface area contributed by atoms with Crippen LogP contribution in [0.15, 0.2) is 163 Å². The highest BCUT2D eigenvalue weighted by Gasteiger charge is 2.39. The molecule has 7 aromatic rings. The van der Waals surface area contributed by atoms with Crippen molar-refractivity contribution in [2.45, 2.75) is 19.3 Å². The molecule has 0 radical (unpaired) electrons. The minimum atomic E-state index is -0.273. The molecule has 6 aromatic carbocycles. The Morgan fingerprint density at radius 2 is 1.04 bits per heavy atom. The Hall–Kier alpha value is -6.10. The van der Waals surface area contributed by atoms with Crippen LogP contribution in [0.2, 0.25) is 0 Å². The Kier molecular flexibility index (Phi) is 7.30. The number of carbonyl (C=O) groups is 2. The van der Waals surface area contributed by atoms with E-state index in [1.54, 1.807) is 41.7 Å². The number of fused-ring (bicyclic) bond motifs is 4. The first-order chi connectivity index (χ1) is 24.9. The number of thiophene rings is 1. The molecular weight excluding hydrogens is 643 g/mol. The average molecular weight is 676 g/mol. The normalized spacial score (nSPS) is 13.9. The molecular formula is C47H33NO2S. The van der Waals surface area contributed by atoms with Crippen molar-refractivity contribution in [3.05, 3.63) is 190 Å². The molecule has 0 atom stereocenters. The highest BCUT2D eigenvalue weighted by molar-refractivity contribution is 7.16. The summed E-state index contributed by atoms with van der Waals surface area (Å²) < 4.78 is 0. The van der Waals surface area contributed by atoms with Crippen LogP contribution in [-0.4, -0.2) is 11.6 Å². The van der Waals surface area contributed by atoms with E-state index in [0.717, 1.165) is 27.5 Å². The summed E-state index contributed by atoms with van der Waals surface area (Å²) in [6.07, 6.45) is 1.79. The molecule has 4 heteroatoms. The standard InChI is InChI=1S/C47H33NO2S/c1-47(2)42-27-36(24-25-40(42)46-43(47)29-37(51-46)28-41-44(49)38-18-9-10-19-39(38)45(41)50)48(34-15-7-4-8-16-34)35-17-11-14-33(26-35)32-22-20-31(21-23-32)30-12-5-3-6-13-30/h3-29H,1-2H3. The largest absolute Gasteiger partial charge is 0.310 e. The molecule has 0 saturated carbocycles. The summed E-state index contributed by atoms with van der Waals surface area (Å²) in [4.78, 5) is 30.7. The fourth-order valence-electron chi connectivity index (χ4n) is 7.56. The molecule has 0 N–H and O–H groups in total. The Morgan fingerprint density at radius 1 is 0.490 bits per heavy atom. The predicted molar refractivity (Wildman–Crippen MR) is 211 cm³/mol. The first-order valence-electron chi connectivity index (χ1n) is 17.2. The van der Waals surface area contributed by atoms with Crippen LogP contribution in [0.4, 0.5) is 17.1 Å². The summed E-state index contributed by atoms with van der Waals surface area (Å²) in [7, 11) is 0. The monoisotopic (exact) mass is 675 g/mol. The molecule has 2 aliphatic carbocycles. The van der Waals surface area contributed by atoms with Gasteiger partial charge in [0.05, 0.1) is 5.57 Å². The van der Waals surface area contributed by atoms with Gasteiger partial charge in [0.2, 0.25) is 0 Å². The quantitative estimate of drug-likeness (QED) is 0.130. The molecule has 51 heavy (non-hydrogen) atoms. The fraction of sp³-hybridized carbons (Fsp3) is 0.0638. The van der Waals surface area contributed by atoms with Gasteiger partial charge < -0.3 is 4.90 Å². The zero-order chi connectivity index (χ0) is 34.7. The van der Waals surface area contributed by atoms with Crippen molar-refractivity contribution in [2.24, 2.45) is 0 Å². The van der Waals surface area contributed by atoms with Crippen LogP contribution in [-0.2, 0) is 5.41 Å². The molecule has 1 aromatic heterocycles. The zero-order valence-electron chi connectivity index (χ0n) is 28.3. The van der Waals surface area contributed by atoms with Gasteiger partial charge in [-0.25, -0.2) is 0 Å². The third-order valence-electron chi connectivity index (χ3n) is 10.2. The Bertz CT molecular complexity index is 2490. The number of rotatable bonds is 6. The number of ketones is 2. The maximum Gasteiger partial charge on any atom is 0.197 e. The lowest BCUT2D eigenvalue weighted by Gasteiger charge is -2.28. The minimum Gasteiger partial charge on any atom is -0.310 e. The summed E-state index contributed by atoms with van der Waals surface area (Å²) in [5.41, 5.74) is 12.6. The molecule has 0 fully saturated rings. The second kappa shape index (κ2) is 12.0. The van der Waals surface area contributed by atoms with Crippen molar-refractivity contribution < 1.29 is 9.59 Å². The molecule has 3 nitrogen and oxygen atoms in total. The molecule has 0 spiro atoms. The van der Waals surface area contributed by atoms with E-state index in [4.69, 9.17) is 0 Å². The molecule has 244 valence electrons. The van der Waals surface area contributed by atoms with E-state index in [1.807, 2.05) is 6.07 Å². The van der Waals surface area contributed by atoms with E-state index in [2.05, 4.69) is 146 Å². The molecule has 0 bridgehead atoms. The summed E-state index contributed by atoms with van der Waals surface area (Å²) in [6, 6.07) is 54.5. The third kappa shape index (κ3) is 5.19. The van der Waals surface area contributed by atoms with Gasteiger partial charge in [-0.3, -0.25) is 9.59 Å². The fourth-order valence-corrected chi connectivity index (χ4v) is 8.86. The number of hydrogen-bond donors (Lipinski definition) is 0. The van der Waals surface area contributed by atoms with Gasteiger partial charge in [-0.05, 0) is 87.5 Å². The van der Waals surface area contributed by atoms with Gasteiger partial charge in [0.1, 0.15) is 0 Å². The van der Waals surface area contributed by atoms with Crippen LogP contribution < -0.4 is 4.90 Å². The first-order valence-corrected chi connectivity index (χ1v) is 18.0. The van der Waals surface area contributed by atoms with E-state index < -0.39 is 0 Å². The van der Waals surface area contributed by atoms with E-state index in [-0.39, 0.29) is 22.6 Å². The minimum absolute atomic E-state index is 0.192. The molecule has 0 amide bonds. The first kappa shape index (κ1) is 30.9. The van der Waals surface area contributed by atoms with Crippen LogP contribution >= 0.6 is 11.3 Å². The van der Waals surface area contributed by atoms with Crippen molar-refractivity contribution in [3.8, 4) is 32.7 Å². The lowest BCUT2D eigenvalue weighted by Crippen LogP contribution is -2.16. The van der Waals surface area contributed by atoms with Gasteiger partial charge in [0, 0.05) is 43.4 Å². The Labute approximate surface area is 301 Å². The number of nitrogens with zero attached hydrogens (tertiary/aromatic N) is 1. The SMILES string of the molecule is CC1(C)c2cc(N(c3ccccc3)c3cccc(-c4ccc(-c5ccccc5)cc4)c3)ccc2-c2sc(C=C3C(=O)c4ccccc4C3=O)cc21. The van der Waals surface area contributed by atoms with Gasteiger partial charge in [-0.2, -0.15) is 0 Å². The molecule has 2 aliphatic rings. The van der Waals surface area contributed by atoms with Crippen molar-refractivity contribution in [2.75, 3.05) is 4.90 Å². The topological polar surface area (TPSA) is 37.4 Å². The van der Waals surface area contributed by atoms with Crippen LogP contribution in [0.5, 0.6) is 0 Å².